The Balaban J connectivity index is 2.06. The number of hydrogen-bond acceptors (Lipinski definition) is 3. The smallest absolute Gasteiger partial charge is 0.417 e. The number of halogens is 4. The molecule has 0 fully saturated rings. The van der Waals surface area contributed by atoms with Gasteiger partial charge in [0.1, 0.15) is 10.9 Å². The molecule has 0 spiro atoms. The maximum atomic E-state index is 13.6. The Bertz CT molecular complexity index is 931. The summed E-state index contributed by atoms with van der Waals surface area (Å²) in [4.78, 5) is 4.57. The Kier molecular flexibility index (Phi) is 5.44. The summed E-state index contributed by atoms with van der Waals surface area (Å²) in [5, 5.41) is 0.225. The van der Waals surface area contributed by atoms with Gasteiger partial charge in [0.15, 0.2) is 0 Å². The van der Waals surface area contributed by atoms with E-state index in [1.165, 1.54) is 25.4 Å². The van der Waals surface area contributed by atoms with Crippen LogP contribution in [0, 0.1) is 0 Å². The average Bonchev–Trinajstić information content (AvgIpc) is 2.61. The fourth-order valence-corrected chi connectivity index (χ4v) is 3.65. The number of ether oxygens (including phenoxy) is 1. The minimum atomic E-state index is -4.49. The second-order valence-corrected chi connectivity index (χ2v) is 6.80. The van der Waals surface area contributed by atoms with Crippen LogP contribution in [-0.4, -0.2) is 12.1 Å². The van der Waals surface area contributed by atoms with Crippen LogP contribution in [0.25, 0.3) is 11.1 Å². The van der Waals surface area contributed by atoms with Crippen LogP contribution >= 0.6 is 23.4 Å². The maximum Gasteiger partial charge on any atom is 0.417 e. The van der Waals surface area contributed by atoms with Crippen LogP contribution in [0.4, 0.5) is 13.2 Å². The molecule has 2 nitrogen and oxygen atoms in total. The van der Waals surface area contributed by atoms with Crippen LogP contribution in [0.3, 0.4) is 0 Å². The highest BCUT2D eigenvalue weighted by Crippen LogP contribution is 2.43. The number of nitrogens with zero attached hydrogens (tertiary/aromatic N) is 1. The molecule has 0 unspecified atom stereocenters. The molecule has 0 aliphatic carbocycles. The lowest BCUT2D eigenvalue weighted by molar-refractivity contribution is -0.139. The third-order valence-corrected chi connectivity index (χ3v) is 4.97. The van der Waals surface area contributed by atoms with Gasteiger partial charge in [-0.2, -0.15) is 13.2 Å². The number of para-hydroxylation sites is 1. The number of hydrogen-bond donors (Lipinski definition) is 0. The zero-order valence-corrected chi connectivity index (χ0v) is 15.1. The van der Waals surface area contributed by atoms with Gasteiger partial charge >= 0.3 is 6.18 Å². The molecule has 0 bridgehead atoms. The van der Waals surface area contributed by atoms with Gasteiger partial charge in [0, 0.05) is 11.1 Å². The van der Waals surface area contributed by atoms with Crippen molar-refractivity contribution < 1.29 is 17.9 Å². The van der Waals surface area contributed by atoms with Gasteiger partial charge in [-0.1, -0.05) is 41.6 Å². The molecule has 7 heteroatoms. The summed E-state index contributed by atoms with van der Waals surface area (Å²) >= 11 is 6.86. The predicted octanol–water partition coefficient (Wildman–Crippen LogP) is 6.58. The monoisotopic (exact) mass is 395 g/mol. The highest BCUT2D eigenvalue weighted by molar-refractivity contribution is 7.99. The second-order valence-electron chi connectivity index (χ2n) is 5.33. The lowest BCUT2D eigenvalue weighted by atomic mass is 10.0. The van der Waals surface area contributed by atoms with Crippen molar-refractivity contribution in [3.8, 4) is 16.9 Å². The van der Waals surface area contributed by atoms with Crippen molar-refractivity contribution in [3.63, 3.8) is 0 Å². The molecule has 3 aromatic rings. The molecule has 1 heterocycles. The van der Waals surface area contributed by atoms with Crippen molar-refractivity contribution in [1.29, 1.82) is 0 Å². The molecule has 134 valence electrons. The SMILES string of the molecule is COc1ccccc1Sc1ccc(-c2ccnc(Cl)c2)cc1C(F)(F)F. The minimum Gasteiger partial charge on any atom is -0.496 e. The van der Waals surface area contributed by atoms with E-state index in [-0.39, 0.29) is 10.0 Å². The maximum absolute atomic E-state index is 13.6. The number of alkyl halides is 3. The molecule has 1 aromatic heterocycles. The largest absolute Gasteiger partial charge is 0.496 e. The molecule has 0 aliphatic heterocycles. The summed E-state index contributed by atoms with van der Waals surface area (Å²) in [5.41, 5.74) is 0.286. The molecule has 0 saturated carbocycles. The molecule has 0 saturated heterocycles. The normalized spacial score (nSPS) is 11.4. The Morgan fingerprint density at radius 3 is 2.38 bits per heavy atom. The molecule has 0 radical (unpaired) electrons. The molecule has 2 aromatic carbocycles. The van der Waals surface area contributed by atoms with Crippen molar-refractivity contribution in [2.45, 2.75) is 16.0 Å². The molecule has 0 atom stereocenters. The van der Waals surface area contributed by atoms with Crippen molar-refractivity contribution in [2.75, 3.05) is 7.11 Å². The van der Waals surface area contributed by atoms with E-state index >= 15 is 0 Å². The van der Waals surface area contributed by atoms with Crippen molar-refractivity contribution in [2.24, 2.45) is 0 Å². The van der Waals surface area contributed by atoms with Gasteiger partial charge in [0.05, 0.1) is 17.6 Å². The van der Waals surface area contributed by atoms with Crippen LogP contribution in [-0.2, 0) is 6.18 Å². The Morgan fingerprint density at radius 1 is 0.962 bits per heavy atom. The lowest BCUT2D eigenvalue weighted by Gasteiger charge is -2.15. The van der Waals surface area contributed by atoms with Gasteiger partial charge in [-0.3, -0.25) is 0 Å². The highest BCUT2D eigenvalue weighted by atomic mass is 35.5. The van der Waals surface area contributed by atoms with E-state index in [9.17, 15) is 13.2 Å². The van der Waals surface area contributed by atoms with Crippen molar-refractivity contribution >= 4 is 23.4 Å². The predicted molar refractivity (Wildman–Crippen MR) is 96.8 cm³/mol. The number of aromatic nitrogens is 1. The quantitative estimate of drug-likeness (QED) is 0.466. The molecule has 0 N–H and O–H groups in total. The Hall–Kier alpha value is -2.18. The fourth-order valence-electron chi connectivity index (χ4n) is 2.42. The van der Waals surface area contributed by atoms with Gasteiger partial charge in [0.2, 0.25) is 0 Å². The summed E-state index contributed by atoms with van der Waals surface area (Å²) in [7, 11) is 1.49. The van der Waals surface area contributed by atoms with E-state index in [1.807, 2.05) is 0 Å². The summed E-state index contributed by atoms with van der Waals surface area (Å²) in [6.07, 6.45) is -3.03. The topological polar surface area (TPSA) is 22.1 Å². The van der Waals surface area contributed by atoms with Gasteiger partial charge in [-0.25, -0.2) is 4.98 Å². The van der Waals surface area contributed by atoms with E-state index < -0.39 is 11.7 Å². The zero-order chi connectivity index (χ0) is 18.7. The summed E-state index contributed by atoms with van der Waals surface area (Å²) < 4.78 is 46.1. The van der Waals surface area contributed by atoms with Crippen molar-refractivity contribution in [1.82, 2.24) is 4.98 Å². The van der Waals surface area contributed by atoms with Gasteiger partial charge in [-0.15, -0.1) is 0 Å². The molecular formula is C19H13ClF3NOS. The number of pyridine rings is 1. The minimum absolute atomic E-state index is 0.103. The second kappa shape index (κ2) is 7.60. The van der Waals surface area contributed by atoms with Gasteiger partial charge in [-0.05, 0) is 47.5 Å². The number of benzene rings is 2. The summed E-state index contributed by atoms with van der Waals surface area (Å²) in [6, 6.07) is 14.3. The first-order valence-corrected chi connectivity index (χ1v) is 8.72. The van der Waals surface area contributed by atoms with E-state index in [1.54, 1.807) is 36.4 Å². The molecular weight excluding hydrogens is 383 g/mol. The van der Waals surface area contributed by atoms with Gasteiger partial charge in [0.25, 0.3) is 0 Å². The average molecular weight is 396 g/mol. The highest BCUT2D eigenvalue weighted by Gasteiger charge is 2.34. The zero-order valence-electron chi connectivity index (χ0n) is 13.5. The third kappa shape index (κ3) is 4.14. The number of rotatable bonds is 4. The van der Waals surface area contributed by atoms with Crippen molar-refractivity contribution in [3.05, 3.63) is 71.5 Å². The van der Waals surface area contributed by atoms with Gasteiger partial charge < -0.3 is 4.74 Å². The Morgan fingerprint density at radius 2 is 1.69 bits per heavy atom. The fraction of sp³-hybridized carbons (Fsp3) is 0.105. The van der Waals surface area contributed by atoms with E-state index in [0.717, 1.165) is 17.8 Å². The van der Waals surface area contributed by atoms with Crippen LogP contribution in [0.5, 0.6) is 5.75 Å². The summed E-state index contributed by atoms with van der Waals surface area (Å²) in [6.45, 7) is 0. The lowest BCUT2D eigenvalue weighted by Crippen LogP contribution is -2.07. The number of methoxy groups -OCH3 is 1. The first-order valence-electron chi connectivity index (χ1n) is 7.52. The molecule has 0 aliphatic rings. The van der Waals surface area contributed by atoms with Crippen LogP contribution in [0.2, 0.25) is 5.15 Å². The Labute approximate surface area is 158 Å². The van der Waals surface area contributed by atoms with E-state index in [0.29, 0.717) is 21.8 Å². The van der Waals surface area contributed by atoms with Crippen LogP contribution in [0.15, 0.2) is 70.6 Å². The standard InChI is InChI=1S/C19H13ClF3NOS/c1-25-15-4-2-3-5-17(15)26-16-7-6-12(10-14(16)19(21,22)23)13-8-9-24-18(20)11-13/h2-11H,1H3. The first-order chi connectivity index (χ1) is 12.4. The molecule has 0 amide bonds. The first kappa shape index (κ1) is 18.6. The third-order valence-electron chi connectivity index (χ3n) is 3.63. The van der Waals surface area contributed by atoms with Crippen LogP contribution in [0.1, 0.15) is 5.56 Å². The van der Waals surface area contributed by atoms with E-state index in [2.05, 4.69) is 4.98 Å². The van der Waals surface area contributed by atoms with Crippen LogP contribution < -0.4 is 4.74 Å². The summed E-state index contributed by atoms with van der Waals surface area (Å²) in [5.74, 6) is 0.524. The molecule has 26 heavy (non-hydrogen) atoms. The molecule has 3 rings (SSSR count). The van der Waals surface area contributed by atoms with E-state index in [4.69, 9.17) is 16.3 Å².